The highest BCUT2D eigenvalue weighted by Crippen LogP contribution is 2.49. The molecule has 0 aromatic rings. The molecule has 0 aliphatic heterocycles. The summed E-state index contributed by atoms with van der Waals surface area (Å²) in [7, 11) is -3.14. The lowest BCUT2D eigenvalue weighted by Gasteiger charge is -2.02. The van der Waals surface area contributed by atoms with Crippen LogP contribution in [0.2, 0.25) is 0 Å². The summed E-state index contributed by atoms with van der Waals surface area (Å²) in [5.74, 6) is 0.0428. The van der Waals surface area contributed by atoms with E-state index in [4.69, 9.17) is 10.4 Å². The average Bonchev–Trinajstić information content (AvgIpc) is 2.80. The highest BCUT2D eigenvalue weighted by molar-refractivity contribution is 7.92. The Labute approximate surface area is 71.7 Å². The highest BCUT2D eigenvalue weighted by Gasteiger charge is 2.61. The molecule has 0 bridgehead atoms. The maximum absolute atomic E-state index is 11.2. The molecule has 68 valence electrons. The van der Waals surface area contributed by atoms with Crippen molar-refractivity contribution in [2.45, 2.75) is 18.6 Å². The van der Waals surface area contributed by atoms with Gasteiger partial charge in [0.2, 0.25) is 0 Å². The predicted molar refractivity (Wildman–Crippen MR) is 43.0 cm³/mol. The summed E-state index contributed by atoms with van der Waals surface area (Å²) in [6, 6.07) is 1.86. The number of hydrogen-bond acceptors (Lipinski definition) is 4. The van der Waals surface area contributed by atoms with E-state index in [2.05, 4.69) is 0 Å². The summed E-state index contributed by atoms with van der Waals surface area (Å²) >= 11 is 0. The van der Waals surface area contributed by atoms with E-state index in [-0.39, 0.29) is 18.8 Å². The highest BCUT2D eigenvalue weighted by atomic mass is 32.2. The van der Waals surface area contributed by atoms with E-state index in [0.717, 1.165) is 0 Å². The van der Waals surface area contributed by atoms with Gasteiger partial charge in [0.15, 0.2) is 9.84 Å². The van der Waals surface area contributed by atoms with Crippen molar-refractivity contribution >= 4 is 9.84 Å². The van der Waals surface area contributed by atoms with Gasteiger partial charge in [0.05, 0.1) is 23.3 Å². The normalized spacial score (nSPS) is 34.2. The van der Waals surface area contributed by atoms with Crippen molar-refractivity contribution in [1.82, 2.24) is 0 Å². The molecule has 1 fully saturated rings. The number of rotatable bonds is 3. The first kappa shape index (κ1) is 9.49. The maximum Gasteiger partial charge on any atom is 0.154 e. The molecule has 5 heteroatoms. The molecule has 0 unspecified atom stereocenters. The van der Waals surface area contributed by atoms with Crippen molar-refractivity contribution in [3.8, 4) is 6.07 Å². The molecule has 1 aliphatic rings. The Bertz CT molecular complexity index is 316. The summed E-state index contributed by atoms with van der Waals surface area (Å²) in [5.41, 5.74) is -0.991. The van der Waals surface area contributed by atoms with Gasteiger partial charge in [-0.05, 0) is 6.42 Å². The van der Waals surface area contributed by atoms with Crippen molar-refractivity contribution in [2.24, 2.45) is 5.41 Å². The first-order chi connectivity index (χ1) is 5.52. The third kappa shape index (κ3) is 1.21. The fourth-order valence-electron chi connectivity index (χ4n) is 1.26. The van der Waals surface area contributed by atoms with Crippen LogP contribution in [0.1, 0.15) is 13.3 Å². The molecule has 4 nitrogen and oxygen atoms in total. The third-order valence-corrected chi connectivity index (χ3v) is 4.64. The summed E-state index contributed by atoms with van der Waals surface area (Å²) < 4.78 is 22.5. The van der Waals surface area contributed by atoms with E-state index < -0.39 is 20.5 Å². The monoisotopic (exact) mass is 189 g/mol. The number of aliphatic hydroxyl groups excluding tert-OH is 1. The van der Waals surface area contributed by atoms with Gasteiger partial charge in [-0.25, -0.2) is 8.42 Å². The van der Waals surface area contributed by atoms with E-state index in [1.807, 2.05) is 6.07 Å². The molecule has 2 atom stereocenters. The Balaban J connectivity index is 2.83. The molecule has 1 rings (SSSR count). The molecule has 0 aromatic carbocycles. The SMILES string of the molecule is CCS(=O)(=O)[C@H]1C[C@]1(C#N)CO. The van der Waals surface area contributed by atoms with Crippen LogP contribution in [0, 0.1) is 16.7 Å². The molecule has 0 radical (unpaired) electrons. The molecule has 0 saturated heterocycles. The van der Waals surface area contributed by atoms with Gasteiger partial charge in [-0.15, -0.1) is 0 Å². The van der Waals surface area contributed by atoms with Crippen LogP contribution in [0.4, 0.5) is 0 Å². The summed E-state index contributed by atoms with van der Waals surface area (Å²) in [4.78, 5) is 0. The Kier molecular flexibility index (Phi) is 2.15. The molecule has 1 aliphatic carbocycles. The Morgan fingerprint density at radius 2 is 2.33 bits per heavy atom. The topological polar surface area (TPSA) is 78.2 Å². The van der Waals surface area contributed by atoms with Gasteiger partial charge < -0.3 is 5.11 Å². The largest absolute Gasteiger partial charge is 0.395 e. The van der Waals surface area contributed by atoms with Crippen LogP contribution < -0.4 is 0 Å². The van der Waals surface area contributed by atoms with Crippen molar-refractivity contribution in [3.63, 3.8) is 0 Å². The summed E-state index contributed by atoms with van der Waals surface area (Å²) in [5, 5.41) is 16.8. The van der Waals surface area contributed by atoms with Crippen molar-refractivity contribution in [1.29, 1.82) is 5.26 Å². The van der Waals surface area contributed by atoms with Crippen molar-refractivity contribution in [2.75, 3.05) is 12.4 Å². The zero-order valence-electron chi connectivity index (χ0n) is 6.82. The minimum Gasteiger partial charge on any atom is -0.395 e. The first-order valence-electron chi connectivity index (χ1n) is 3.76. The number of sulfone groups is 1. The number of hydrogen-bond donors (Lipinski definition) is 1. The van der Waals surface area contributed by atoms with E-state index >= 15 is 0 Å². The first-order valence-corrected chi connectivity index (χ1v) is 5.47. The van der Waals surface area contributed by atoms with E-state index in [1.54, 1.807) is 6.92 Å². The van der Waals surface area contributed by atoms with Crippen LogP contribution in [0.25, 0.3) is 0 Å². The molecule has 0 aromatic heterocycles. The van der Waals surface area contributed by atoms with Gasteiger partial charge in [0, 0.05) is 5.75 Å². The lowest BCUT2D eigenvalue weighted by atomic mass is 10.2. The summed E-state index contributed by atoms with van der Waals surface area (Å²) in [6.45, 7) is 1.19. The third-order valence-electron chi connectivity index (χ3n) is 2.35. The van der Waals surface area contributed by atoms with Crippen LogP contribution in [0.5, 0.6) is 0 Å². The Morgan fingerprint density at radius 1 is 1.75 bits per heavy atom. The molecular weight excluding hydrogens is 178 g/mol. The van der Waals surface area contributed by atoms with Crippen LogP contribution in [-0.2, 0) is 9.84 Å². The van der Waals surface area contributed by atoms with Gasteiger partial charge in [-0.3, -0.25) is 0 Å². The zero-order chi connectivity index (χ0) is 9.41. The van der Waals surface area contributed by atoms with Gasteiger partial charge in [0.1, 0.15) is 0 Å². The molecule has 0 heterocycles. The van der Waals surface area contributed by atoms with Gasteiger partial charge in [-0.1, -0.05) is 6.92 Å². The van der Waals surface area contributed by atoms with Gasteiger partial charge in [0.25, 0.3) is 0 Å². The zero-order valence-corrected chi connectivity index (χ0v) is 7.63. The van der Waals surface area contributed by atoms with E-state index in [9.17, 15) is 8.42 Å². The van der Waals surface area contributed by atoms with E-state index in [1.165, 1.54) is 0 Å². The average molecular weight is 189 g/mol. The molecule has 0 amide bonds. The van der Waals surface area contributed by atoms with Crippen LogP contribution >= 0.6 is 0 Å². The fourth-order valence-corrected chi connectivity index (χ4v) is 3.03. The smallest absolute Gasteiger partial charge is 0.154 e. The Morgan fingerprint density at radius 3 is 2.58 bits per heavy atom. The molecule has 12 heavy (non-hydrogen) atoms. The molecule has 1 N–H and O–H groups in total. The van der Waals surface area contributed by atoms with Crippen molar-refractivity contribution < 1.29 is 13.5 Å². The summed E-state index contributed by atoms with van der Waals surface area (Å²) in [6.07, 6.45) is 0.288. The van der Waals surface area contributed by atoms with Gasteiger partial charge >= 0.3 is 0 Å². The number of nitriles is 1. The van der Waals surface area contributed by atoms with Crippen LogP contribution in [0.3, 0.4) is 0 Å². The lowest BCUT2D eigenvalue weighted by Crippen LogP contribution is -2.19. The second-order valence-corrected chi connectivity index (χ2v) is 5.54. The standard InChI is InChI=1S/C7H11NO3S/c1-2-12(10,11)6-3-7(6,4-8)5-9/h6,9H,2-3,5H2,1H3/t6-,7-/m0/s1. The second kappa shape index (κ2) is 2.71. The number of aliphatic hydroxyl groups is 1. The fraction of sp³-hybridized carbons (Fsp3) is 0.857. The van der Waals surface area contributed by atoms with E-state index in [0.29, 0.717) is 0 Å². The quantitative estimate of drug-likeness (QED) is 0.661. The Hall–Kier alpha value is -0.600. The maximum atomic E-state index is 11.2. The minimum absolute atomic E-state index is 0.0428. The predicted octanol–water partition coefficient (Wildman–Crippen LogP) is -0.304. The molecular formula is C7H11NO3S. The number of nitrogens with zero attached hydrogens (tertiary/aromatic N) is 1. The van der Waals surface area contributed by atoms with Gasteiger partial charge in [-0.2, -0.15) is 5.26 Å². The molecule has 0 spiro atoms. The lowest BCUT2D eigenvalue weighted by molar-refractivity contribution is 0.246. The van der Waals surface area contributed by atoms with Crippen molar-refractivity contribution in [3.05, 3.63) is 0 Å². The van der Waals surface area contributed by atoms with Crippen LogP contribution in [0.15, 0.2) is 0 Å². The minimum atomic E-state index is -3.14. The molecule has 1 saturated carbocycles. The second-order valence-electron chi connectivity index (χ2n) is 3.07. The van der Waals surface area contributed by atoms with Crippen LogP contribution in [-0.4, -0.2) is 31.1 Å².